The molecule has 1 saturated heterocycles. The molecule has 0 bridgehead atoms. The van der Waals surface area contributed by atoms with Gasteiger partial charge >= 0.3 is 0 Å². The maximum Gasteiger partial charge on any atom is 0.255 e. The minimum absolute atomic E-state index is 0.0742. The molecular formula is C13H20N4O. The van der Waals surface area contributed by atoms with Gasteiger partial charge < -0.3 is 15.1 Å². The predicted octanol–water partition coefficient (Wildman–Crippen LogP) is 0.899. The molecule has 18 heavy (non-hydrogen) atoms. The zero-order valence-electron chi connectivity index (χ0n) is 11.2. The van der Waals surface area contributed by atoms with Crippen molar-refractivity contribution in [1.29, 1.82) is 0 Å². The number of amides is 1. The molecule has 0 spiro atoms. The molecule has 1 amide bonds. The molecule has 2 heterocycles. The molecule has 5 heteroatoms. The van der Waals surface area contributed by atoms with E-state index in [1.54, 1.807) is 6.20 Å². The molecule has 5 nitrogen and oxygen atoms in total. The number of nitrogens with one attached hydrogen (secondary N) is 1. The minimum atomic E-state index is 0.0742. The van der Waals surface area contributed by atoms with Crippen LogP contribution in [0.2, 0.25) is 0 Å². The van der Waals surface area contributed by atoms with E-state index >= 15 is 0 Å². The van der Waals surface area contributed by atoms with Gasteiger partial charge in [0.2, 0.25) is 0 Å². The van der Waals surface area contributed by atoms with Gasteiger partial charge in [-0.05, 0) is 26.1 Å². The van der Waals surface area contributed by atoms with Crippen molar-refractivity contribution >= 4 is 11.7 Å². The highest BCUT2D eigenvalue weighted by atomic mass is 16.2. The molecule has 1 atom stereocenters. The molecule has 1 aromatic heterocycles. The molecule has 0 aliphatic carbocycles. The number of likely N-dealkylation sites (N-methyl/N-ethyl adjacent to an activating group) is 1. The van der Waals surface area contributed by atoms with E-state index < -0.39 is 0 Å². The number of hydrogen-bond acceptors (Lipinski definition) is 4. The number of rotatable bonds is 2. The summed E-state index contributed by atoms with van der Waals surface area (Å²) < 4.78 is 0. The van der Waals surface area contributed by atoms with Crippen molar-refractivity contribution in [3.8, 4) is 0 Å². The summed E-state index contributed by atoms with van der Waals surface area (Å²) >= 11 is 0. The second-order valence-electron chi connectivity index (χ2n) is 4.76. The Morgan fingerprint density at radius 3 is 2.78 bits per heavy atom. The molecule has 0 saturated carbocycles. The smallest absolute Gasteiger partial charge is 0.255 e. The molecule has 1 unspecified atom stereocenters. The summed E-state index contributed by atoms with van der Waals surface area (Å²) in [6.07, 6.45) is 1.64. The van der Waals surface area contributed by atoms with Crippen LogP contribution in [0.1, 0.15) is 17.3 Å². The summed E-state index contributed by atoms with van der Waals surface area (Å²) in [7, 11) is 3.90. The Hall–Kier alpha value is -1.62. The second kappa shape index (κ2) is 5.35. The van der Waals surface area contributed by atoms with E-state index in [1.807, 2.05) is 24.1 Å². The normalized spacial score (nSPS) is 20.8. The lowest BCUT2D eigenvalue weighted by atomic mass is 10.1. The lowest BCUT2D eigenvalue weighted by Crippen LogP contribution is -2.52. The maximum absolute atomic E-state index is 12.3. The van der Waals surface area contributed by atoms with Crippen molar-refractivity contribution in [3.05, 3.63) is 23.9 Å². The van der Waals surface area contributed by atoms with Gasteiger partial charge in [-0.25, -0.2) is 4.98 Å². The molecule has 0 aromatic carbocycles. The van der Waals surface area contributed by atoms with Gasteiger partial charge in [-0.15, -0.1) is 0 Å². The highest BCUT2D eigenvalue weighted by Crippen LogP contribution is 2.12. The van der Waals surface area contributed by atoms with Crippen LogP contribution in [0.5, 0.6) is 0 Å². The molecule has 1 N–H and O–H groups in total. The number of nitrogens with zero attached hydrogens (tertiary/aromatic N) is 3. The summed E-state index contributed by atoms with van der Waals surface area (Å²) in [6, 6.07) is 4.06. The van der Waals surface area contributed by atoms with Gasteiger partial charge in [0.05, 0.1) is 5.56 Å². The van der Waals surface area contributed by atoms with Crippen molar-refractivity contribution in [2.75, 3.05) is 39.0 Å². The average Bonchev–Trinajstić information content (AvgIpc) is 2.41. The van der Waals surface area contributed by atoms with Crippen LogP contribution in [0.3, 0.4) is 0 Å². The van der Waals surface area contributed by atoms with Gasteiger partial charge in [-0.2, -0.15) is 0 Å². The number of hydrogen-bond donors (Lipinski definition) is 1. The van der Waals surface area contributed by atoms with E-state index in [9.17, 15) is 4.79 Å². The Kier molecular flexibility index (Phi) is 3.81. The third-order valence-electron chi connectivity index (χ3n) is 3.51. The Morgan fingerprint density at radius 2 is 2.22 bits per heavy atom. The molecular weight excluding hydrogens is 228 g/mol. The first-order valence-corrected chi connectivity index (χ1v) is 6.25. The van der Waals surface area contributed by atoms with E-state index in [0.29, 0.717) is 11.6 Å². The van der Waals surface area contributed by atoms with Crippen molar-refractivity contribution in [3.63, 3.8) is 0 Å². The van der Waals surface area contributed by atoms with Crippen molar-refractivity contribution < 1.29 is 4.79 Å². The molecule has 1 aliphatic rings. The summed E-state index contributed by atoms with van der Waals surface area (Å²) in [5.74, 6) is 0.850. The number of aromatic nitrogens is 1. The number of anilines is 1. The summed E-state index contributed by atoms with van der Waals surface area (Å²) in [4.78, 5) is 20.7. The molecule has 98 valence electrons. The predicted molar refractivity (Wildman–Crippen MR) is 71.8 cm³/mol. The minimum Gasteiger partial charge on any atom is -0.373 e. The van der Waals surface area contributed by atoms with E-state index in [-0.39, 0.29) is 5.91 Å². The number of carbonyl (C=O) groups excluding carboxylic acids is 1. The zero-order chi connectivity index (χ0) is 13.1. The average molecular weight is 248 g/mol. The van der Waals surface area contributed by atoms with Crippen LogP contribution in [-0.4, -0.2) is 60.5 Å². The monoisotopic (exact) mass is 248 g/mol. The van der Waals surface area contributed by atoms with Crippen LogP contribution in [-0.2, 0) is 0 Å². The lowest BCUT2D eigenvalue weighted by Gasteiger charge is -2.37. The molecule has 1 aromatic rings. The number of piperazine rings is 1. The quantitative estimate of drug-likeness (QED) is 0.845. The largest absolute Gasteiger partial charge is 0.373 e. The zero-order valence-corrected chi connectivity index (χ0v) is 11.2. The highest BCUT2D eigenvalue weighted by molar-refractivity contribution is 5.94. The first kappa shape index (κ1) is 12.8. The first-order chi connectivity index (χ1) is 8.61. The second-order valence-corrected chi connectivity index (χ2v) is 4.76. The third kappa shape index (κ3) is 2.61. The SMILES string of the molecule is CNc1ccc(C(=O)N2CCN(C)C(C)C2)cn1. The Morgan fingerprint density at radius 1 is 1.44 bits per heavy atom. The first-order valence-electron chi connectivity index (χ1n) is 6.25. The van der Waals surface area contributed by atoms with E-state index in [1.165, 1.54) is 0 Å². The van der Waals surface area contributed by atoms with Crippen molar-refractivity contribution in [2.45, 2.75) is 13.0 Å². The fourth-order valence-corrected chi connectivity index (χ4v) is 2.08. The summed E-state index contributed by atoms with van der Waals surface area (Å²) in [6.45, 7) is 4.63. The van der Waals surface area contributed by atoms with Crippen LogP contribution < -0.4 is 5.32 Å². The van der Waals surface area contributed by atoms with Crippen LogP contribution in [0, 0.1) is 0 Å². The van der Waals surface area contributed by atoms with Crippen molar-refractivity contribution in [2.24, 2.45) is 0 Å². The van der Waals surface area contributed by atoms with Gasteiger partial charge in [0.25, 0.3) is 5.91 Å². The summed E-state index contributed by atoms with van der Waals surface area (Å²) in [5.41, 5.74) is 0.658. The van der Waals surface area contributed by atoms with Crippen molar-refractivity contribution in [1.82, 2.24) is 14.8 Å². The number of pyridine rings is 1. The highest BCUT2D eigenvalue weighted by Gasteiger charge is 2.25. The molecule has 2 rings (SSSR count). The fraction of sp³-hybridized carbons (Fsp3) is 0.538. The van der Waals surface area contributed by atoms with Crippen LogP contribution >= 0.6 is 0 Å². The van der Waals surface area contributed by atoms with Gasteiger partial charge in [-0.3, -0.25) is 4.79 Å². The van der Waals surface area contributed by atoms with Gasteiger partial charge in [-0.1, -0.05) is 0 Å². The molecule has 1 fully saturated rings. The van der Waals surface area contributed by atoms with Gasteiger partial charge in [0.15, 0.2) is 0 Å². The van der Waals surface area contributed by atoms with Crippen LogP contribution in [0.15, 0.2) is 18.3 Å². The number of carbonyl (C=O) groups is 1. The van der Waals surface area contributed by atoms with Crippen LogP contribution in [0.25, 0.3) is 0 Å². The van der Waals surface area contributed by atoms with Gasteiger partial charge in [0, 0.05) is 38.9 Å². The fourth-order valence-electron chi connectivity index (χ4n) is 2.08. The topological polar surface area (TPSA) is 48.5 Å². The Balaban J connectivity index is 2.06. The molecule has 1 aliphatic heterocycles. The van der Waals surface area contributed by atoms with Crippen LogP contribution in [0.4, 0.5) is 5.82 Å². The Bertz CT molecular complexity index is 418. The third-order valence-corrected chi connectivity index (χ3v) is 3.51. The van der Waals surface area contributed by atoms with E-state index in [4.69, 9.17) is 0 Å². The Labute approximate surface area is 108 Å². The lowest BCUT2D eigenvalue weighted by molar-refractivity contribution is 0.0572. The maximum atomic E-state index is 12.3. The summed E-state index contributed by atoms with van der Waals surface area (Å²) in [5, 5.41) is 2.94. The van der Waals surface area contributed by atoms with E-state index in [0.717, 1.165) is 25.5 Å². The molecule has 0 radical (unpaired) electrons. The van der Waals surface area contributed by atoms with Gasteiger partial charge in [0.1, 0.15) is 5.82 Å². The van der Waals surface area contributed by atoms with E-state index in [2.05, 4.69) is 29.2 Å². The standard InChI is InChI=1S/C13H20N4O/c1-10-9-17(7-6-16(10)3)13(18)11-4-5-12(14-2)15-8-11/h4-5,8,10H,6-7,9H2,1-3H3,(H,14,15).